The van der Waals surface area contributed by atoms with E-state index in [1.54, 1.807) is 16.9 Å². The van der Waals surface area contributed by atoms with Crippen molar-refractivity contribution in [3.8, 4) is 5.69 Å². The monoisotopic (exact) mass is 404 g/mol. The van der Waals surface area contributed by atoms with Crippen LogP contribution in [0.25, 0.3) is 16.7 Å². The maximum Gasteiger partial charge on any atom is 0.255 e. The molecule has 0 unspecified atom stereocenters. The summed E-state index contributed by atoms with van der Waals surface area (Å²) in [5, 5.41) is 12.3. The molecule has 4 aromatic rings. The van der Waals surface area contributed by atoms with E-state index in [9.17, 15) is 4.79 Å². The van der Waals surface area contributed by atoms with Crippen LogP contribution >= 0.6 is 11.6 Å². The molecule has 1 aromatic heterocycles. The van der Waals surface area contributed by atoms with Gasteiger partial charge in [-0.3, -0.25) is 4.79 Å². The van der Waals surface area contributed by atoms with E-state index in [0.717, 1.165) is 5.69 Å². The predicted octanol–water partition coefficient (Wildman–Crippen LogP) is 5.62. The number of carbonyl (C=O) groups excluding carboxylic acids is 1. The average Bonchev–Trinajstić information content (AvgIpc) is 3.11. The third-order valence-corrected chi connectivity index (χ3v) is 5.03. The molecule has 4 rings (SSSR count). The minimum Gasteiger partial charge on any atom is -0.321 e. The van der Waals surface area contributed by atoms with Crippen molar-refractivity contribution in [2.75, 3.05) is 5.32 Å². The number of benzene rings is 3. The zero-order valence-corrected chi connectivity index (χ0v) is 17.2. The van der Waals surface area contributed by atoms with Gasteiger partial charge in [-0.1, -0.05) is 62.7 Å². The van der Waals surface area contributed by atoms with Crippen LogP contribution in [0.5, 0.6) is 0 Å². The van der Waals surface area contributed by atoms with Crippen molar-refractivity contribution < 1.29 is 4.79 Å². The molecule has 146 valence electrons. The van der Waals surface area contributed by atoms with Crippen LogP contribution in [0.3, 0.4) is 0 Å². The fourth-order valence-electron chi connectivity index (χ4n) is 3.03. The average molecular weight is 405 g/mol. The van der Waals surface area contributed by atoms with Gasteiger partial charge in [-0.15, -0.1) is 10.2 Å². The summed E-state index contributed by atoms with van der Waals surface area (Å²) in [5.74, 6) is -0.220. The number of amides is 1. The number of hydrogen-bond acceptors (Lipinski definition) is 3. The predicted molar refractivity (Wildman–Crippen MR) is 117 cm³/mol. The van der Waals surface area contributed by atoms with Crippen molar-refractivity contribution in [3.05, 3.63) is 82.9 Å². The number of nitrogens with zero attached hydrogens (tertiary/aromatic N) is 3. The summed E-state index contributed by atoms with van der Waals surface area (Å²) >= 11 is 6.38. The summed E-state index contributed by atoms with van der Waals surface area (Å²) in [6.45, 7) is 6.42. The van der Waals surface area contributed by atoms with E-state index in [-0.39, 0.29) is 11.3 Å². The first-order valence-electron chi connectivity index (χ1n) is 9.35. The summed E-state index contributed by atoms with van der Waals surface area (Å²) < 4.78 is 0. The van der Waals surface area contributed by atoms with Gasteiger partial charge in [-0.25, -0.2) is 0 Å². The zero-order chi connectivity index (χ0) is 20.6. The van der Waals surface area contributed by atoms with Gasteiger partial charge >= 0.3 is 0 Å². The lowest BCUT2D eigenvalue weighted by Gasteiger charge is -2.19. The first-order valence-corrected chi connectivity index (χ1v) is 9.73. The molecule has 0 fully saturated rings. The number of fused-ring (bicyclic) bond motifs is 1. The number of anilines is 1. The second kappa shape index (κ2) is 7.33. The Bertz CT molecular complexity index is 1180. The molecule has 0 aliphatic heterocycles. The molecule has 1 heterocycles. The molecule has 0 bridgehead atoms. The first-order chi connectivity index (χ1) is 13.8. The van der Waals surface area contributed by atoms with Crippen molar-refractivity contribution >= 4 is 34.2 Å². The Morgan fingerprint density at radius 3 is 2.17 bits per heavy atom. The highest BCUT2D eigenvalue weighted by Crippen LogP contribution is 2.28. The molecule has 1 amide bonds. The summed E-state index contributed by atoms with van der Waals surface area (Å²) in [6.07, 6.45) is 0. The lowest BCUT2D eigenvalue weighted by molar-refractivity contribution is 0.102. The standard InChI is InChI=1S/C23H21ClN4O/c1-23(2,3)16-11-9-15(10-12-16)22(29)25-19-14-21-20(13-18(19)24)26-28(27-21)17-7-5-4-6-8-17/h4-14H,1-3H3,(H,25,29). The van der Waals surface area contributed by atoms with E-state index < -0.39 is 0 Å². The molecule has 3 aromatic carbocycles. The number of rotatable bonds is 3. The van der Waals surface area contributed by atoms with E-state index in [4.69, 9.17) is 11.6 Å². The van der Waals surface area contributed by atoms with Gasteiger partial charge in [0.2, 0.25) is 0 Å². The SMILES string of the molecule is CC(C)(C)c1ccc(C(=O)Nc2cc3nn(-c4ccccc4)nc3cc2Cl)cc1. The highest BCUT2D eigenvalue weighted by atomic mass is 35.5. The topological polar surface area (TPSA) is 59.8 Å². The Labute approximate surface area is 174 Å². The zero-order valence-electron chi connectivity index (χ0n) is 16.5. The highest BCUT2D eigenvalue weighted by molar-refractivity contribution is 6.34. The van der Waals surface area contributed by atoms with Gasteiger partial charge in [0.05, 0.1) is 16.4 Å². The van der Waals surface area contributed by atoms with Crippen molar-refractivity contribution in [1.82, 2.24) is 15.0 Å². The molecule has 0 aliphatic carbocycles. The molecule has 0 radical (unpaired) electrons. The van der Waals surface area contributed by atoms with Crippen molar-refractivity contribution in [2.45, 2.75) is 26.2 Å². The normalized spacial score (nSPS) is 11.6. The summed E-state index contributed by atoms with van der Waals surface area (Å²) in [5.41, 5.74) is 4.44. The van der Waals surface area contributed by atoms with E-state index in [1.165, 1.54) is 5.56 Å². The van der Waals surface area contributed by atoms with Gasteiger partial charge in [0.25, 0.3) is 5.91 Å². The summed E-state index contributed by atoms with van der Waals surface area (Å²) in [7, 11) is 0. The van der Waals surface area contributed by atoms with Crippen LogP contribution in [0.1, 0.15) is 36.7 Å². The van der Waals surface area contributed by atoms with Crippen molar-refractivity contribution in [1.29, 1.82) is 0 Å². The van der Waals surface area contributed by atoms with E-state index >= 15 is 0 Å². The summed E-state index contributed by atoms with van der Waals surface area (Å²) in [4.78, 5) is 14.2. The van der Waals surface area contributed by atoms with Crippen molar-refractivity contribution in [3.63, 3.8) is 0 Å². The second-order valence-electron chi connectivity index (χ2n) is 7.93. The van der Waals surface area contributed by atoms with Gasteiger partial charge in [0.1, 0.15) is 11.0 Å². The van der Waals surface area contributed by atoms with E-state index in [0.29, 0.717) is 27.3 Å². The molecule has 0 atom stereocenters. The maximum atomic E-state index is 12.7. The lowest BCUT2D eigenvalue weighted by atomic mass is 9.87. The number of para-hydroxylation sites is 1. The van der Waals surface area contributed by atoms with Gasteiger partial charge in [0.15, 0.2) is 0 Å². The van der Waals surface area contributed by atoms with Crippen molar-refractivity contribution in [2.24, 2.45) is 0 Å². The first kappa shape index (κ1) is 19.2. The molecular weight excluding hydrogens is 384 g/mol. The van der Waals surface area contributed by atoms with Crippen LogP contribution < -0.4 is 5.32 Å². The third kappa shape index (κ3) is 4.00. The Balaban J connectivity index is 1.60. The number of hydrogen-bond donors (Lipinski definition) is 1. The molecule has 0 aliphatic rings. The Morgan fingerprint density at radius 2 is 1.55 bits per heavy atom. The smallest absolute Gasteiger partial charge is 0.255 e. The third-order valence-electron chi connectivity index (χ3n) is 4.72. The van der Waals surface area contributed by atoms with Gasteiger partial charge in [0, 0.05) is 5.56 Å². The molecule has 0 spiro atoms. The molecule has 5 nitrogen and oxygen atoms in total. The molecule has 0 saturated heterocycles. The Hall–Kier alpha value is -3.18. The summed E-state index contributed by atoms with van der Waals surface area (Å²) in [6, 6.07) is 20.7. The molecule has 0 saturated carbocycles. The molecular formula is C23H21ClN4O. The largest absolute Gasteiger partial charge is 0.321 e. The van der Waals surface area contributed by atoms with Crippen LogP contribution in [-0.2, 0) is 5.41 Å². The van der Waals surface area contributed by atoms with E-state index in [2.05, 4.69) is 36.3 Å². The van der Waals surface area contributed by atoms with Crippen LogP contribution in [0.4, 0.5) is 5.69 Å². The fourth-order valence-corrected chi connectivity index (χ4v) is 3.23. The fraction of sp³-hybridized carbons (Fsp3) is 0.174. The Kier molecular flexibility index (Phi) is 4.84. The van der Waals surface area contributed by atoms with Crippen LogP contribution in [0, 0.1) is 0 Å². The van der Waals surface area contributed by atoms with E-state index in [1.807, 2.05) is 54.6 Å². The quantitative estimate of drug-likeness (QED) is 0.481. The van der Waals surface area contributed by atoms with Gasteiger partial charge in [-0.2, -0.15) is 4.80 Å². The van der Waals surface area contributed by atoms with Crippen LogP contribution in [0.15, 0.2) is 66.7 Å². The molecule has 1 N–H and O–H groups in total. The van der Waals surface area contributed by atoms with Gasteiger partial charge in [-0.05, 0) is 47.4 Å². The number of nitrogens with one attached hydrogen (secondary N) is 1. The lowest BCUT2D eigenvalue weighted by Crippen LogP contribution is -2.14. The Morgan fingerprint density at radius 1 is 0.931 bits per heavy atom. The number of aromatic nitrogens is 3. The maximum absolute atomic E-state index is 12.7. The highest BCUT2D eigenvalue weighted by Gasteiger charge is 2.16. The van der Waals surface area contributed by atoms with Gasteiger partial charge < -0.3 is 5.32 Å². The minimum atomic E-state index is -0.220. The second-order valence-corrected chi connectivity index (χ2v) is 8.33. The number of carbonyl (C=O) groups is 1. The molecule has 29 heavy (non-hydrogen) atoms. The van der Waals surface area contributed by atoms with Crippen LogP contribution in [-0.4, -0.2) is 20.9 Å². The molecule has 6 heteroatoms. The van der Waals surface area contributed by atoms with Crippen LogP contribution in [0.2, 0.25) is 5.02 Å². The minimum absolute atomic E-state index is 0.0356. The number of halogens is 1.